The smallest absolute Gasteiger partial charge is 0.308 e. The van der Waals surface area contributed by atoms with Gasteiger partial charge in [-0.1, -0.05) is 31.5 Å². The molecule has 0 unspecified atom stereocenters. The summed E-state index contributed by atoms with van der Waals surface area (Å²) in [5, 5.41) is 3.93. The molecule has 0 saturated heterocycles. The number of ether oxygens (including phenoxy) is 2. The quantitative estimate of drug-likeness (QED) is 0.236. The molecule has 1 atom stereocenters. The average Bonchev–Trinajstić information content (AvgIpc) is 2.73. The van der Waals surface area contributed by atoms with Crippen molar-refractivity contribution in [2.75, 3.05) is 6.61 Å². The van der Waals surface area contributed by atoms with Crippen LogP contribution in [0.1, 0.15) is 38.8 Å². The summed E-state index contributed by atoms with van der Waals surface area (Å²) in [6.45, 7) is 8.76. The zero-order chi connectivity index (χ0) is 24.6. The molecule has 9 nitrogen and oxygen atoms in total. The first kappa shape index (κ1) is 26.0. The SMILES string of the molecule is CCOc1cc(/C=N\NC(=O)[C@H](NS(=O)(=O)c2ccc(C)cc2)C(C)C)ccc1OC(C)=O. The van der Waals surface area contributed by atoms with Gasteiger partial charge in [0.1, 0.15) is 6.04 Å². The Morgan fingerprint density at radius 3 is 2.33 bits per heavy atom. The third-order valence-corrected chi connectivity index (χ3v) is 5.93. The second-order valence-electron chi connectivity index (χ2n) is 7.62. The maximum atomic E-state index is 12.7. The number of hydrazone groups is 1. The van der Waals surface area contributed by atoms with Crippen LogP contribution in [0.15, 0.2) is 52.5 Å². The molecule has 0 spiro atoms. The van der Waals surface area contributed by atoms with Gasteiger partial charge in [0, 0.05) is 6.92 Å². The second-order valence-corrected chi connectivity index (χ2v) is 9.34. The Kier molecular flexibility index (Phi) is 9.12. The van der Waals surface area contributed by atoms with Gasteiger partial charge in [-0.15, -0.1) is 0 Å². The van der Waals surface area contributed by atoms with Crippen molar-refractivity contribution in [2.45, 2.75) is 45.6 Å². The van der Waals surface area contributed by atoms with E-state index in [0.29, 0.717) is 17.9 Å². The molecular formula is C23H29N3O6S. The van der Waals surface area contributed by atoms with Crippen molar-refractivity contribution < 1.29 is 27.5 Å². The zero-order valence-corrected chi connectivity index (χ0v) is 20.1. The molecule has 2 aromatic rings. The number of esters is 1. The van der Waals surface area contributed by atoms with Gasteiger partial charge >= 0.3 is 5.97 Å². The fourth-order valence-corrected chi connectivity index (χ4v) is 4.14. The van der Waals surface area contributed by atoms with Crippen molar-refractivity contribution in [1.82, 2.24) is 10.1 Å². The predicted molar refractivity (Wildman–Crippen MR) is 125 cm³/mol. The largest absolute Gasteiger partial charge is 0.490 e. The highest BCUT2D eigenvalue weighted by Gasteiger charge is 2.28. The summed E-state index contributed by atoms with van der Waals surface area (Å²) >= 11 is 0. The summed E-state index contributed by atoms with van der Waals surface area (Å²) in [7, 11) is -3.89. The molecule has 0 saturated carbocycles. The molecule has 2 N–H and O–H groups in total. The maximum Gasteiger partial charge on any atom is 0.308 e. The molecule has 33 heavy (non-hydrogen) atoms. The van der Waals surface area contributed by atoms with E-state index in [9.17, 15) is 18.0 Å². The summed E-state index contributed by atoms with van der Waals surface area (Å²) in [4.78, 5) is 23.9. The molecule has 0 radical (unpaired) electrons. The van der Waals surface area contributed by atoms with Gasteiger partial charge in [-0.25, -0.2) is 13.8 Å². The standard InChI is InChI=1S/C23H29N3O6S/c1-6-31-21-13-18(9-12-20(21)32-17(5)27)14-24-25-23(28)22(15(2)3)26-33(29,30)19-10-7-16(4)8-11-19/h7-15,22,26H,6H2,1-5H3,(H,25,28)/b24-14-/t22-/m1/s1. The number of amides is 1. The van der Waals surface area contributed by atoms with E-state index < -0.39 is 27.9 Å². The zero-order valence-electron chi connectivity index (χ0n) is 19.3. The summed E-state index contributed by atoms with van der Waals surface area (Å²) in [5.74, 6) is -0.770. The lowest BCUT2D eigenvalue weighted by atomic mass is 10.1. The number of nitrogens with one attached hydrogen (secondary N) is 2. The third kappa shape index (κ3) is 7.69. The van der Waals surface area contributed by atoms with Crippen molar-refractivity contribution in [3.05, 3.63) is 53.6 Å². The van der Waals surface area contributed by atoms with E-state index in [1.54, 1.807) is 51.1 Å². The number of sulfonamides is 1. The topological polar surface area (TPSA) is 123 Å². The van der Waals surface area contributed by atoms with Crippen LogP contribution < -0.4 is 19.6 Å². The van der Waals surface area contributed by atoms with E-state index in [1.165, 1.54) is 25.3 Å². The van der Waals surface area contributed by atoms with Gasteiger partial charge in [0.2, 0.25) is 10.0 Å². The van der Waals surface area contributed by atoms with E-state index in [2.05, 4.69) is 15.2 Å². The minimum absolute atomic E-state index is 0.0753. The highest BCUT2D eigenvalue weighted by molar-refractivity contribution is 7.89. The van der Waals surface area contributed by atoms with Gasteiger partial charge in [-0.05, 0) is 55.7 Å². The molecule has 2 aromatic carbocycles. The third-order valence-electron chi connectivity index (χ3n) is 4.47. The van der Waals surface area contributed by atoms with Gasteiger partial charge in [0.15, 0.2) is 11.5 Å². The van der Waals surface area contributed by atoms with Crippen molar-refractivity contribution >= 4 is 28.1 Å². The Bertz CT molecular complexity index is 1110. The van der Waals surface area contributed by atoms with Crippen LogP contribution >= 0.6 is 0 Å². The number of benzene rings is 2. The number of nitrogens with zero attached hydrogens (tertiary/aromatic N) is 1. The van der Waals surface area contributed by atoms with Gasteiger partial charge in [0.25, 0.3) is 5.91 Å². The van der Waals surface area contributed by atoms with Crippen LogP contribution in [-0.4, -0.2) is 39.2 Å². The summed E-state index contributed by atoms with van der Waals surface area (Å²) in [6.07, 6.45) is 1.38. The average molecular weight is 476 g/mol. The van der Waals surface area contributed by atoms with Crippen LogP contribution in [0.3, 0.4) is 0 Å². The molecule has 10 heteroatoms. The number of hydrogen-bond donors (Lipinski definition) is 2. The first-order valence-electron chi connectivity index (χ1n) is 10.4. The van der Waals surface area contributed by atoms with Crippen LogP contribution in [0.4, 0.5) is 0 Å². The summed E-state index contributed by atoms with van der Waals surface area (Å²) in [6, 6.07) is 10.1. The monoisotopic (exact) mass is 475 g/mol. The van der Waals surface area contributed by atoms with E-state index in [0.717, 1.165) is 5.56 Å². The summed E-state index contributed by atoms with van der Waals surface area (Å²) in [5.41, 5.74) is 3.88. The molecule has 0 aromatic heterocycles. The Morgan fingerprint density at radius 2 is 1.76 bits per heavy atom. The molecule has 0 heterocycles. The number of carbonyl (C=O) groups excluding carboxylic acids is 2. The van der Waals surface area contributed by atoms with Gasteiger partial charge in [-0.2, -0.15) is 9.82 Å². The molecular weight excluding hydrogens is 446 g/mol. The van der Waals surface area contributed by atoms with Crippen molar-refractivity contribution in [1.29, 1.82) is 0 Å². The molecule has 0 fully saturated rings. The van der Waals surface area contributed by atoms with E-state index in [-0.39, 0.29) is 16.6 Å². The number of carbonyl (C=O) groups is 2. The fourth-order valence-electron chi connectivity index (χ4n) is 2.80. The first-order chi connectivity index (χ1) is 15.5. The van der Waals surface area contributed by atoms with Crippen molar-refractivity contribution in [3.63, 3.8) is 0 Å². The van der Waals surface area contributed by atoms with Crippen LogP contribution in [-0.2, 0) is 19.6 Å². The lowest BCUT2D eigenvalue weighted by molar-refractivity contribution is -0.132. The minimum Gasteiger partial charge on any atom is -0.490 e. The number of aryl methyl sites for hydroxylation is 1. The highest BCUT2D eigenvalue weighted by Crippen LogP contribution is 2.28. The molecule has 0 aliphatic carbocycles. The van der Waals surface area contributed by atoms with Crippen LogP contribution in [0.5, 0.6) is 11.5 Å². The highest BCUT2D eigenvalue weighted by atomic mass is 32.2. The van der Waals surface area contributed by atoms with E-state index >= 15 is 0 Å². The van der Waals surface area contributed by atoms with Gasteiger partial charge < -0.3 is 9.47 Å². The first-order valence-corrected chi connectivity index (χ1v) is 11.9. The summed E-state index contributed by atoms with van der Waals surface area (Å²) < 4.78 is 38.4. The number of rotatable bonds is 10. The predicted octanol–water partition coefficient (Wildman–Crippen LogP) is 2.77. The Balaban J connectivity index is 2.12. The molecule has 178 valence electrons. The fraction of sp³-hybridized carbons (Fsp3) is 0.348. The Labute approximate surface area is 194 Å². The lowest BCUT2D eigenvalue weighted by Crippen LogP contribution is -2.48. The van der Waals surface area contributed by atoms with E-state index in [1.807, 2.05) is 6.92 Å². The molecule has 2 rings (SSSR count). The number of hydrogen-bond acceptors (Lipinski definition) is 7. The Morgan fingerprint density at radius 1 is 1.09 bits per heavy atom. The minimum atomic E-state index is -3.89. The van der Waals surface area contributed by atoms with Crippen LogP contribution in [0.2, 0.25) is 0 Å². The van der Waals surface area contributed by atoms with Gasteiger partial charge in [0.05, 0.1) is 17.7 Å². The van der Waals surface area contributed by atoms with Crippen LogP contribution in [0.25, 0.3) is 0 Å². The van der Waals surface area contributed by atoms with Crippen molar-refractivity contribution in [3.8, 4) is 11.5 Å². The van der Waals surface area contributed by atoms with Gasteiger partial charge in [-0.3, -0.25) is 9.59 Å². The molecule has 1 amide bonds. The van der Waals surface area contributed by atoms with Crippen molar-refractivity contribution in [2.24, 2.45) is 11.0 Å². The Hall–Kier alpha value is -3.24. The molecule has 0 aliphatic rings. The maximum absolute atomic E-state index is 12.7. The van der Waals surface area contributed by atoms with Crippen LogP contribution in [0, 0.1) is 12.8 Å². The second kappa shape index (κ2) is 11.6. The normalized spacial score (nSPS) is 12.5. The molecule has 0 bridgehead atoms. The van der Waals surface area contributed by atoms with E-state index in [4.69, 9.17) is 9.47 Å². The lowest BCUT2D eigenvalue weighted by Gasteiger charge is -2.20. The molecule has 0 aliphatic heterocycles.